The molecule has 1 aliphatic heterocycles. The van der Waals surface area contributed by atoms with Crippen LogP contribution < -0.4 is 9.64 Å². The fourth-order valence-electron chi connectivity index (χ4n) is 2.24. The number of anilines is 1. The van der Waals surface area contributed by atoms with Crippen LogP contribution in [-0.2, 0) is 4.79 Å². The predicted octanol–water partition coefficient (Wildman–Crippen LogP) is 3.28. The van der Waals surface area contributed by atoms with E-state index in [2.05, 4.69) is 11.0 Å². The van der Waals surface area contributed by atoms with Crippen LogP contribution in [0, 0.1) is 5.41 Å². The lowest BCUT2D eigenvalue weighted by atomic mass is 9.89. The summed E-state index contributed by atoms with van der Waals surface area (Å²) < 4.78 is 5.73. The van der Waals surface area contributed by atoms with E-state index in [1.807, 2.05) is 39.0 Å². The second-order valence-electron chi connectivity index (χ2n) is 6.08. The Balaban J connectivity index is 2.06. The molecule has 0 saturated carbocycles. The van der Waals surface area contributed by atoms with Gasteiger partial charge in [0.2, 0.25) is 0 Å². The van der Waals surface area contributed by atoms with Gasteiger partial charge in [0.25, 0.3) is 0 Å². The maximum atomic E-state index is 12.0. The van der Waals surface area contributed by atoms with E-state index in [1.54, 1.807) is 0 Å². The molecule has 0 aliphatic carbocycles. The van der Waals surface area contributed by atoms with E-state index in [4.69, 9.17) is 4.74 Å². The molecule has 0 fully saturated rings. The van der Waals surface area contributed by atoms with Crippen molar-refractivity contribution >= 4 is 11.5 Å². The number of ketones is 1. The quantitative estimate of drug-likeness (QED) is 0.836. The highest BCUT2D eigenvalue weighted by Gasteiger charge is 2.23. The number of Topliss-reactive ketones (excluding diaryl/α,β-unsaturated/α-hetero) is 1. The SMILES string of the molecule is CC(C)(C)C(=O)CCN1CCCOc2ccccc21. The zero-order valence-electron chi connectivity index (χ0n) is 12.1. The number of hydrogen-bond donors (Lipinski definition) is 0. The Bertz CT molecular complexity index is 448. The molecule has 1 aliphatic rings. The Labute approximate surface area is 115 Å². The van der Waals surface area contributed by atoms with Crippen LogP contribution in [0.3, 0.4) is 0 Å². The van der Waals surface area contributed by atoms with E-state index in [0.717, 1.165) is 37.6 Å². The second kappa shape index (κ2) is 5.64. The third kappa shape index (κ3) is 3.49. The zero-order valence-corrected chi connectivity index (χ0v) is 12.1. The molecule has 1 heterocycles. The highest BCUT2D eigenvalue weighted by Crippen LogP contribution is 2.30. The summed E-state index contributed by atoms with van der Waals surface area (Å²) in [6.07, 6.45) is 1.59. The van der Waals surface area contributed by atoms with Crippen molar-refractivity contribution in [1.82, 2.24) is 0 Å². The Morgan fingerprint density at radius 1 is 1.32 bits per heavy atom. The Morgan fingerprint density at radius 3 is 2.79 bits per heavy atom. The van der Waals surface area contributed by atoms with Crippen LogP contribution >= 0.6 is 0 Å². The molecular formula is C16H23NO2. The number of fused-ring (bicyclic) bond motifs is 1. The summed E-state index contributed by atoms with van der Waals surface area (Å²) >= 11 is 0. The molecule has 2 rings (SSSR count). The third-order valence-electron chi connectivity index (χ3n) is 3.48. The molecule has 104 valence electrons. The van der Waals surface area contributed by atoms with Crippen molar-refractivity contribution in [2.45, 2.75) is 33.6 Å². The van der Waals surface area contributed by atoms with Gasteiger partial charge in [0.15, 0.2) is 0 Å². The van der Waals surface area contributed by atoms with Gasteiger partial charge in [-0.05, 0) is 18.6 Å². The number of hydrogen-bond acceptors (Lipinski definition) is 3. The van der Waals surface area contributed by atoms with Crippen molar-refractivity contribution < 1.29 is 9.53 Å². The van der Waals surface area contributed by atoms with Crippen LogP contribution in [0.2, 0.25) is 0 Å². The molecule has 0 bridgehead atoms. The van der Waals surface area contributed by atoms with Gasteiger partial charge in [0.1, 0.15) is 11.5 Å². The van der Waals surface area contributed by atoms with Gasteiger partial charge in [-0.25, -0.2) is 0 Å². The first kappa shape index (κ1) is 13.9. The summed E-state index contributed by atoms with van der Waals surface area (Å²) in [5, 5.41) is 0. The van der Waals surface area contributed by atoms with Crippen molar-refractivity contribution in [1.29, 1.82) is 0 Å². The maximum absolute atomic E-state index is 12.0. The van der Waals surface area contributed by atoms with Gasteiger partial charge in [-0.15, -0.1) is 0 Å². The van der Waals surface area contributed by atoms with Crippen LogP contribution in [0.5, 0.6) is 5.75 Å². The highest BCUT2D eigenvalue weighted by molar-refractivity contribution is 5.84. The average Bonchev–Trinajstić information content (AvgIpc) is 2.57. The van der Waals surface area contributed by atoms with E-state index in [0.29, 0.717) is 12.2 Å². The summed E-state index contributed by atoms with van der Waals surface area (Å²) in [7, 11) is 0. The second-order valence-corrected chi connectivity index (χ2v) is 6.08. The van der Waals surface area contributed by atoms with Gasteiger partial charge in [-0.3, -0.25) is 4.79 Å². The first-order valence-electron chi connectivity index (χ1n) is 6.98. The minimum Gasteiger partial charge on any atom is -0.491 e. The Hall–Kier alpha value is -1.51. The maximum Gasteiger partial charge on any atom is 0.142 e. The largest absolute Gasteiger partial charge is 0.491 e. The predicted molar refractivity (Wildman–Crippen MR) is 77.8 cm³/mol. The Morgan fingerprint density at radius 2 is 2.05 bits per heavy atom. The average molecular weight is 261 g/mol. The van der Waals surface area contributed by atoms with Crippen molar-refractivity contribution in [3.63, 3.8) is 0 Å². The number of carbonyl (C=O) groups is 1. The molecule has 19 heavy (non-hydrogen) atoms. The molecule has 0 atom stereocenters. The molecule has 0 aromatic heterocycles. The molecule has 0 amide bonds. The number of nitrogens with zero attached hydrogens (tertiary/aromatic N) is 1. The summed E-state index contributed by atoms with van der Waals surface area (Å²) in [5.74, 6) is 1.25. The highest BCUT2D eigenvalue weighted by atomic mass is 16.5. The van der Waals surface area contributed by atoms with E-state index in [-0.39, 0.29) is 5.41 Å². The van der Waals surface area contributed by atoms with E-state index < -0.39 is 0 Å². The summed E-state index contributed by atoms with van der Waals surface area (Å²) in [5.41, 5.74) is 0.865. The minimum atomic E-state index is -0.248. The summed E-state index contributed by atoms with van der Waals surface area (Å²) in [6, 6.07) is 8.08. The lowest BCUT2D eigenvalue weighted by Crippen LogP contribution is -2.30. The van der Waals surface area contributed by atoms with Crippen LogP contribution in [0.15, 0.2) is 24.3 Å². The van der Waals surface area contributed by atoms with Crippen molar-refractivity contribution in [2.75, 3.05) is 24.6 Å². The van der Waals surface area contributed by atoms with Crippen LogP contribution in [0.1, 0.15) is 33.6 Å². The molecule has 1 aromatic carbocycles. The van der Waals surface area contributed by atoms with Gasteiger partial charge >= 0.3 is 0 Å². The van der Waals surface area contributed by atoms with Crippen molar-refractivity contribution in [2.24, 2.45) is 5.41 Å². The molecule has 3 nitrogen and oxygen atoms in total. The van der Waals surface area contributed by atoms with Gasteiger partial charge in [0, 0.05) is 24.9 Å². The van der Waals surface area contributed by atoms with E-state index >= 15 is 0 Å². The summed E-state index contributed by atoms with van der Waals surface area (Å²) in [6.45, 7) is 8.42. The molecule has 0 spiro atoms. The normalized spacial score (nSPS) is 15.4. The number of carbonyl (C=O) groups excluding carboxylic acids is 1. The molecule has 0 radical (unpaired) electrons. The molecule has 1 aromatic rings. The van der Waals surface area contributed by atoms with Crippen molar-refractivity contribution in [3.8, 4) is 5.75 Å². The monoisotopic (exact) mass is 261 g/mol. The van der Waals surface area contributed by atoms with E-state index in [9.17, 15) is 4.79 Å². The fraction of sp³-hybridized carbons (Fsp3) is 0.562. The molecule has 0 saturated heterocycles. The topological polar surface area (TPSA) is 29.5 Å². The number of para-hydroxylation sites is 2. The fourth-order valence-corrected chi connectivity index (χ4v) is 2.24. The Kier molecular flexibility index (Phi) is 4.13. The number of ether oxygens (including phenoxy) is 1. The smallest absolute Gasteiger partial charge is 0.142 e. The lowest BCUT2D eigenvalue weighted by Gasteiger charge is -2.25. The molecule has 3 heteroatoms. The first-order valence-corrected chi connectivity index (χ1v) is 6.98. The van der Waals surface area contributed by atoms with Gasteiger partial charge in [-0.1, -0.05) is 32.9 Å². The van der Waals surface area contributed by atoms with E-state index in [1.165, 1.54) is 0 Å². The number of benzene rings is 1. The van der Waals surface area contributed by atoms with Crippen LogP contribution in [-0.4, -0.2) is 25.5 Å². The van der Waals surface area contributed by atoms with Gasteiger partial charge in [-0.2, -0.15) is 0 Å². The van der Waals surface area contributed by atoms with Gasteiger partial charge in [0.05, 0.1) is 12.3 Å². The third-order valence-corrected chi connectivity index (χ3v) is 3.48. The standard InChI is InChI=1S/C16H23NO2/c1-16(2,3)15(18)9-11-17-10-6-12-19-14-8-5-4-7-13(14)17/h4-5,7-8H,6,9-12H2,1-3H3. The minimum absolute atomic E-state index is 0.248. The van der Waals surface area contributed by atoms with Crippen LogP contribution in [0.25, 0.3) is 0 Å². The lowest BCUT2D eigenvalue weighted by molar-refractivity contribution is -0.126. The summed E-state index contributed by atoms with van der Waals surface area (Å²) in [4.78, 5) is 14.3. The zero-order chi connectivity index (χ0) is 13.9. The van der Waals surface area contributed by atoms with Crippen LogP contribution in [0.4, 0.5) is 5.69 Å². The van der Waals surface area contributed by atoms with Crippen molar-refractivity contribution in [3.05, 3.63) is 24.3 Å². The van der Waals surface area contributed by atoms with Gasteiger partial charge < -0.3 is 9.64 Å². The first-order chi connectivity index (χ1) is 8.98. The molecular weight excluding hydrogens is 238 g/mol. The molecule has 0 unspecified atom stereocenters. The molecule has 0 N–H and O–H groups in total. The number of rotatable bonds is 3.